The highest BCUT2D eigenvalue weighted by Crippen LogP contribution is 2.08. The number of nitrogens with zero attached hydrogens (tertiary/aromatic N) is 1. The van der Waals surface area contributed by atoms with Gasteiger partial charge in [-0.25, -0.2) is 8.42 Å². The van der Waals surface area contributed by atoms with Crippen molar-refractivity contribution in [2.45, 2.75) is 30.7 Å². The lowest BCUT2D eigenvalue weighted by atomic mass is 10.2. The Morgan fingerprint density at radius 2 is 2.29 bits per heavy atom. The Labute approximate surface area is 99.7 Å². The first-order valence-corrected chi connectivity index (χ1v) is 6.61. The minimum atomic E-state index is -3.82. The normalized spacial score (nSPS) is 13.2. The van der Waals surface area contributed by atoms with E-state index in [2.05, 4.69) is 9.71 Å². The molecule has 1 heterocycles. The maximum atomic E-state index is 11.8. The molecule has 7 heteroatoms. The molecule has 0 saturated heterocycles. The zero-order valence-electron chi connectivity index (χ0n) is 9.33. The van der Waals surface area contributed by atoms with Crippen molar-refractivity contribution in [3.05, 3.63) is 24.5 Å². The lowest BCUT2D eigenvalue weighted by Crippen LogP contribution is -2.40. The molecule has 0 fully saturated rings. The van der Waals surface area contributed by atoms with E-state index in [0.29, 0.717) is 6.42 Å². The molecular formula is C10H14N2O4S. The maximum absolute atomic E-state index is 11.8. The fourth-order valence-corrected chi connectivity index (χ4v) is 2.47. The monoisotopic (exact) mass is 258 g/mol. The number of rotatable bonds is 6. The number of carboxylic acids is 1. The van der Waals surface area contributed by atoms with Crippen molar-refractivity contribution in [2.24, 2.45) is 0 Å². The molecular weight excluding hydrogens is 244 g/mol. The lowest BCUT2D eigenvalue weighted by Gasteiger charge is -2.13. The van der Waals surface area contributed by atoms with Crippen LogP contribution < -0.4 is 4.72 Å². The summed E-state index contributed by atoms with van der Waals surface area (Å²) in [7, 11) is -3.82. The first kappa shape index (κ1) is 13.6. The van der Waals surface area contributed by atoms with E-state index in [4.69, 9.17) is 5.11 Å². The number of carboxylic acid groups (broad SMARTS) is 1. The van der Waals surface area contributed by atoms with Crippen molar-refractivity contribution in [3.8, 4) is 0 Å². The fraction of sp³-hybridized carbons (Fsp3) is 0.400. The van der Waals surface area contributed by atoms with Crippen LogP contribution in [0, 0.1) is 0 Å². The van der Waals surface area contributed by atoms with Gasteiger partial charge in [0.25, 0.3) is 0 Å². The molecule has 0 saturated carbocycles. The van der Waals surface area contributed by atoms with Crippen LogP contribution in [0.1, 0.15) is 19.8 Å². The Hall–Kier alpha value is -1.47. The number of hydrogen-bond donors (Lipinski definition) is 2. The summed E-state index contributed by atoms with van der Waals surface area (Å²) in [4.78, 5) is 14.5. The van der Waals surface area contributed by atoms with E-state index in [1.807, 2.05) is 0 Å². The minimum Gasteiger partial charge on any atom is -0.480 e. The molecule has 0 amide bonds. The van der Waals surface area contributed by atoms with Gasteiger partial charge in [-0.05, 0) is 18.6 Å². The van der Waals surface area contributed by atoms with Gasteiger partial charge in [0, 0.05) is 12.4 Å². The Kier molecular flexibility index (Phi) is 4.59. The van der Waals surface area contributed by atoms with Gasteiger partial charge in [0.2, 0.25) is 10.0 Å². The van der Waals surface area contributed by atoms with E-state index in [1.165, 1.54) is 24.5 Å². The van der Waals surface area contributed by atoms with Crippen LogP contribution in [0.5, 0.6) is 0 Å². The average molecular weight is 258 g/mol. The zero-order chi connectivity index (χ0) is 12.9. The third-order valence-corrected chi connectivity index (χ3v) is 3.57. The number of aromatic nitrogens is 1. The van der Waals surface area contributed by atoms with Crippen LogP contribution in [-0.2, 0) is 14.8 Å². The summed E-state index contributed by atoms with van der Waals surface area (Å²) in [6.45, 7) is 1.79. The van der Waals surface area contributed by atoms with Crippen LogP contribution in [0.3, 0.4) is 0 Å². The van der Waals surface area contributed by atoms with Crippen LogP contribution in [0.4, 0.5) is 0 Å². The van der Waals surface area contributed by atoms with Crippen molar-refractivity contribution in [1.29, 1.82) is 0 Å². The van der Waals surface area contributed by atoms with Crippen molar-refractivity contribution in [3.63, 3.8) is 0 Å². The molecule has 0 aliphatic carbocycles. The van der Waals surface area contributed by atoms with Gasteiger partial charge >= 0.3 is 5.97 Å². The number of sulfonamides is 1. The molecule has 2 N–H and O–H groups in total. The summed E-state index contributed by atoms with van der Waals surface area (Å²) in [5.74, 6) is -1.18. The molecule has 1 rings (SSSR count). The Bertz CT molecular complexity index is 472. The van der Waals surface area contributed by atoms with Gasteiger partial charge in [-0.3, -0.25) is 9.78 Å². The predicted octanol–water partition coefficient (Wildman–Crippen LogP) is 0.613. The van der Waals surface area contributed by atoms with Gasteiger partial charge in [0.05, 0.1) is 0 Å². The van der Waals surface area contributed by atoms with E-state index in [1.54, 1.807) is 6.92 Å². The largest absolute Gasteiger partial charge is 0.480 e. The highest BCUT2D eigenvalue weighted by molar-refractivity contribution is 7.89. The minimum absolute atomic E-state index is 0.0395. The Balaban J connectivity index is 2.89. The third-order valence-electron chi connectivity index (χ3n) is 2.12. The molecule has 0 bridgehead atoms. The van der Waals surface area contributed by atoms with E-state index < -0.39 is 22.0 Å². The summed E-state index contributed by atoms with van der Waals surface area (Å²) in [5, 5.41) is 8.87. The standard InChI is InChI=1S/C10H14N2O4S/c1-2-4-9(10(13)14)12-17(15,16)8-5-3-6-11-7-8/h3,5-7,9,12H,2,4H2,1H3,(H,13,14). The van der Waals surface area contributed by atoms with Gasteiger partial charge < -0.3 is 5.11 Å². The van der Waals surface area contributed by atoms with Crippen molar-refractivity contribution < 1.29 is 18.3 Å². The molecule has 1 aromatic heterocycles. The molecule has 0 aromatic carbocycles. The first-order valence-electron chi connectivity index (χ1n) is 5.12. The molecule has 1 unspecified atom stereocenters. The number of hydrogen-bond acceptors (Lipinski definition) is 4. The van der Waals surface area contributed by atoms with Gasteiger partial charge in [-0.2, -0.15) is 4.72 Å². The average Bonchev–Trinajstić information content (AvgIpc) is 2.29. The van der Waals surface area contributed by atoms with E-state index in [9.17, 15) is 13.2 Å². The SMILES string of the molecule is CCCC(NS(=O)(=O)c1cccnc1)C(=O)O. The smallest absolute Gasteiger partial charge is 0.321 e. The van der Waals surface area contributed by atoms with Gasteiger partial charge in [-0.1, -0.05) is 13.3 Å². The fourth-order valence-electron chi connectivity index (χ4n) is 1.28. The van der Waals surface area contributed by atoms with Crippen molar-refractivity contribution in [2.75, 3.05) is 0 Å². The topological polar surface area (TPSA) is 96.4 Å². The summed E-state index contributed by atoms with van der Waals surface area (Å²) >= 11 is 0. The van der Waals surface area contributed by atoms with Gasteiger partial charge in [0.1, 0.15) is 10.9 Å². The van der Waals surface area contributed by atoms with Crippen LogP contribution in [-0.4, -0.2) is 30.5 Å². The maximum Gasteiger partial charge on any atom is 0.321 e. The molecule has 6 nitrogen and oxygen atoms in total. The summed E-state index contributed by atoms with van der Waals surface area (Å²) in [5.41, 5.74) is 0. The molecule has 0 aliphatic rings. The Morgan fingerprint density at radius 3 is 2.76 bits per heavy atom. The highest BCUT2D eigenvalue weighted by Gasteiger charge is 2.24. The second kappa shape index (κ2) is 5.74. The zero-order valence-corrected chi connectivity index (χ0v) is 10.1. The third kappa shape index (κ3) is 3.79. The van der Waals surface area contributed by atoms with Gasteiger partial charge in [0.15, 0.2) is 0 Å². The molecule has 94 valence electrons. The molecule has 1 atom stereocenters. The Morgan fingerprint density at radius 1 is 1.59 bits per heavy atom. The summed E-state index contributed by atoms with van der Waals surface area (Å²) in [6.07, 6.45) is 3.44. The number of pyridine rings is 1. The second-order valence-corrected chi connectivity index (χ2v) is 5.20. The number of nitrogens with one attached hydrogen (secondary N) is 1. The van der Waals surface area contributed by atoms with Crippen LogP contribution in [0.2, 0.25) is 0 Å². The quantitative estimate of drug-likeness (QED) is 0.779. The molecule has 0 aliphatic heterocycles. The van der Waals surface area contributed by atoms with Crippen LogP contribution >= 0.6 is 0 Å². The molecule has 0 spiro atoms. The summed E-state index contributed by atoms with van der Waals surface area (Å²) < 4.78 is 25.8. The highest BCUT2D eigenvalue weighted by atomic mass is 32.2. The van der Waals surface area contributed by atoms with Crippen molar-refractivity contribution >= 4 is 16.0 Å². The predicted molar refractivity (Wildman–Crippen MR) is 60.9 cm³/mol. The van der Waals surface area contributed by atoms with Crippen molar-refractivity contribution in [1.82, 2.24) is 9.71 Å². The second-order valence-electron chi connectivity index (χ2n) is 3.49. The molecule has 1 aromatic rings. The number of carbonyl (C=O) groups is 1. The van der Waals surface area contributed by atoms with E-state index in [0.717, 1.165) is 0 Å². The molecule has 17 heavy (non-hydrogen) atoms. The van der Waals surface area contributed by atoms with Crippen LogP contribution in [0.25, 0.3) is 0 Å². The van der Waals surface area contributed by atoms with Gasteiger partial charge in [-0.15, -0.1) is 0 Å². The van der Waals surface area contributed by atoms with E-state index >= 15 is 0 Å². The number of aliphatic carboxylic acids is 1. The van der Waals surface area contributed by atoms with E-state index in [-0.39, 0.29) is 11.3 Å². The van der Waals surface area contributed by atoms with Crippen LogP contribution in [0.15, 0.2) is 29.4 Å². The first-order chi connectivity index (χ1) is 7.97. The summed E-state index contributed by atoms with van der Waals surface area (Å²) in [6, 6.07) is 1.73. The lowest BCUT2D eigenvalue weighted by molar-refractivity contribution is -0.139. The molecule has 0 radical (unpaired) electrons.